The minimum atomic E-state index is -0.392. The molecule has 0 saturated carbocycles. The van der Waals surface area contributed by atoms with E-state index >= 15 is 0 Å². The van der Waals surface area contributed by atoms with Crippen molar-refractivity contribution >= 4 is 5.91 Å². The number of ether oxygens (including phenoxy) is 2. The summed E-state index contributed by atoms with van der Waals surface area (Å²) in [6, 6.07) is -0.0708. The third kappa shape index (κ3) is 5.90. The maximum absolute atomic E-state index is 11.2. The highest BCUT2D eigenvalue weighted by Gasteiger charge is 2.10. The van der Waals surface area contributed by atoms with E-state index in [0.717, 1.165) is 6.42 Å². The first-order valence-electron chi connectivity index (χ1n) is 4.71. The summed E-state index contributed by atoms with van der Waals surface area (Å²) in [6.07, 6.45) is 0.749. The van der Waals surface area contributed by atoms with Crippen molar-refractivity contribution in [3.05, 3.63) is 0 Å². The number of carbonyl (C=O) groups is 1. The van der Waals surface area contributed by atoms with Crippen molar-refractivity contribution in [1.82, 2.24) is 5.32 Å². The normalized spacial score (nSPS) is 12.9. The summed E-state index contributed by atoms with van der Waals surface area (Å²) >= 11 is 0. The SMILES string of the molecule is CCC(N)CC(=O)NCC(OC)OC. The average Bonchev–Trinajstić information content (AvgIpc) is 2.19. The molecule has 0 heterocycles. The lowest BCUT2D eigenvalue weighted by Crippen LogP contribution is -2.37. The van der Waals surface area contributed by atoms with Crippen LogP contribution in [0.2, 0.25) is 0 Å². The molecule has 1 unspecified atom stereocenters. The predicted octanol–water partition coefficient (Wildman–Crippen LogP) is -0.151. The fourth-order valence-electron chi connectivity index (χ4n) is 0.915. The third-order valence-corrected chi connectivity index (χ3v) is 1.96. The van der Waals surface area contributed by atoms with Crippen molar-refractivity contribution in [3.63, 3.8) is 0 Å². The predicted molar refractivity (Wildman–Crippen MR) is 53.7 cm³/mol. The van der Waals surface area contributed by atoms with Crippen LogP contribution in [0.3, 0.4) is 0 Å². The smallest absolute Gasteiger partial charge is 0.221 e. The molecule has 1 atom stereocenters. The average molecular weight is 204 g/mol. The topological polar surface area (TPSA) is 73.6 Å². The minimum absolute atomic E-state index is 0.0708. The standard InChI is InChI=1S/C9H20N2O3/c1-4-7(10)5-8(12)11-6-9(13-2)14-3/h7,9H,4-6,10H2,1-3H3,(H,11,12). The van der Waals surface area contributed by atoms with E-state index in [4.69, 9.17) is 15.2 Å². The monoisotopic (exact) mass is 204 g/mol. The first-order valence-corrected chi connectivity index (χ1v) is 4.71. The van der Waals surface area contributed by atoms with Gasteiger partial charge in [0.2, 0.25) is 5.91 Å². The first-order chi connectivity index (χ1) is 6.63. The molecular formula is C9H20N2O3. The molecule has 0 aromatic rings. The Balaban J connectivity index is 3.62. The lowest BCUT2D eigenvalue weighted by Gasteiger charge is -2.15. The van der Waals surface area contributed by atoms with E-state index in [2.05, 4.69) is 5.32 Å². The third-order valence-electron chi connectivity index (χ3n) is 1.96. The summed E-state index contributed by atoms with van der Waals surface area (Å²) in [4.78, 5) is 11.2. The van der Waals surface area contributed by atoms with Crippen LogP contribution < -0.4 is 11.1 Å². The van der Waals surface area contributed by atoms with Gasteiger partial charge >= 0.3 is 0 Å². The van der Waals surface area contributed by atoms with E-state index in [1.807, 2.05) is 6.92 Å². The first kappa shape index (κ1) is 13.4. The van der Waals surface area contributed by atoms with Crippen molar-refractivity contribution in [2.24, 2.45) is 5.73 Å². The number of hydrogen-bond acceptors (Lipinski definition) is 4. The zero-order valence-electron chi connectivity index (χ0n) is 9.08. The summed E-state index contributed by atoms with van der Waals surface area (Å²) in [5.74, 6) is -0.0709. The van der Waals surface area contributed by atoms with E-state index in [0.29, 0.717) is 13.0 Å². The fraction of sp³-hybridized carbons (Fsp3) is 0.889. The molecule has 14 heavy (non-hydrogen) atoms. The molecule has 0 fully saturated rings. The number of rotatable bonds is 7. The van der Waals surface area contributed by atoms with Crippen molar-refractivity contribution in [2.75, 3.05) is 20.8 Å². The molecule has 5 nitrogen and oxygen atoms in total. The number of nitrogens with two attached hydrogens (primary N) is 1. The van der Waals surface area contributed by atoms with Gasteiger partial charge in [0.05, 0.1) is 6.54 Å². The number of nitrogens with one attached hydrogen (secondary N) is 1. The van der Waals surface area contributed by atoms with Crippen LogP contribution in [0.4, 0.5) is 0 Å². The Labute approximate surface area is 84.9 Å². The number of amides is 1. The van der Waals surface area contributed by atoms with Crippen LogP contribution in [-0.2, 0) is 14.3 Å². The molecule has 0 bridgehead atoms. The van der Waals surface area contributed by atoms with E-state index in [1.165, 1.54) is 14.2 Å². The molecule has 0 rings (SSSR count). The van der Waals surface area contributed by atoms with Crippen LogP contribution in [0.25, 0.3) is 0 Å². The van der Waals surface area contributed by atoms with Gasteiger partial charge in [-0.05, 0) is 6.42 Å². The molecule has 5 heteroatoms. The molecular weight excluding hydrogens is 184 g/mol. The van der Waals surface area contributed by atoms with Gasteiger partial charge in [-0.1, -0.05) is 6.92 Å². The highest BCUT2D eigenvalue weighted by atomic mass is 16.7. The molecule has 0 aliphatic rings. The number of methoxy groups -OCH3 is 2. The summed E-state index contributed by atoms with van der Waals surface area (Å²) in [5.41, 5.74) is 5.62. The molecule has 0 aliphatic heterocycles. The fourth-order valence-corrected chi connectivity index (χ4v) is 0.915. The summed E-state index contributed by atoms with van der Waals surface area (Å²) < 4.78 is 9.83. The van der Waals surface area contributed by atoms with Gasteiger partial charge in [-0.25, -0.2) is 0 Å². The Bertz CT molecular complexity index is 160. The largest absolute Gasteiger partial charge is 0.354 e. The molecule has 0 spiro atoms. The van der Waals surface area contributed by atoms with Gasteiger partial charge in [0.25, 0.3) is 0 Å². The zero-order valence-corrected chi connectivity index (χ0v) is 9.08. The second-order valence-electron chi connectivity index (χ2n) is 3.08. The van der Waals surface area contributed by atoms with E-state index < -0.39 is 6.29 Å². The van der Waals surface area contributed by atoms with Crippen LogP contribution in [0, 0.1) is 0 Å². The van der Waals surface area contributed by atoms with Gasteiger partial charge in [0.1, 0.15) is 0 Å². The van der Waals surface area contributed by atoms with Crippen LogP contribution in [0.15, 0.2) is 0 Å². The Morgan fingerprint density at radius 2 is 2.00 bits per heavy atom. The lowest BCUT2D eigenvalue weighted by molar-refractivity contribution is -0.127. The van der Waals surface area contributed by atoms with E-state index in [-0.39, 0.29) is 11.9 Å². The van der Waals surface area contributed by atoms with Crippen molar-refractivity contribution in [3.8, 4) is 0 Å². The maximum atomic E-state index is 11.2. The van der Waals surface area contributed by atoms with Crippen molar-refractivity contribution in [2.45, 2.75) is 32.1 Å². The molecule has 0 aliphatic carbocycles. The van der Waals surface area contributed by atoms with Gasteiger partial charge in [0.15, 0.2) is 6.29 Å². The van der Waals surface area contributed by atoms with Gasteiger partial charge in [-0.3, -0.25) is 4.79 Å². The lowest BCUT2D eigenvalue weighted by atomic mass is 10.1. The van der Waals surface area contributed by atoms with Crippen LogP contribution in [0.1, 0.15) is 19.8 Å². The second kappa shape index (κ2) is 7.73. The van der Waals surface area contributed by atoms with E-state index in [1.54, 1.807) is 0 Å². The van der Waals surface area contributed by atoms with Gasteiger partial charge in [-0.2, -0.15) is 0 Å². The van der Waals surface area contributed by atoms with E-state index in [9.17, 15) is 4.79 Å². The Kier molecular flexibility index (Phi) is 7.37. The molecule has 0 aromatic heterocycles. The molecule has 84 valence electrons. The van der Waals surface area contributed by atoms with Crippen LogP contribution >= 0.6 is 0 Å². The van der Waals surface area contributed by atoms with Gasteiger partial charge in [0, 0.05) is 26.7 Å². The highest BCUT2D eigenvalue weighted by molar-refractivity contribution is 5.76. The molecule has 0 saturated heterocycles. The molecule has 0 radical (unpaired) electrons. The van der Waals surface area contributed by atoms with Gasteiger partial charge < -0.3 is 20.5 Å². The zero-order chi connectivity index (χ0) is 11.0. The minimum Gasteiger partial charge on any atom is -0.354 e. The highest BCUT2D eigenvalue weighted by Crippen LogP contribution is 1.94. The van der Waals surface area contributed by atoms with Crippen LogP contribution in [-0.4, -0.2) is 39.0 Å². The maximum Gasteiger partial charge on any atom is 0.221 e. The Morgan fingerprint density at radius 3 is 2.43 bits per heavy atom. The second-order valence-corrected chi connectivity index (χ2v) is 3.08. The number of hydrogen-bond donors (Lipinski definition) is 2. The molecule has 1 amide bonds. The molecule has 0 aromatic carbocycles. The number of carbonyl (C=O) groups excluding carboxylic acids is 1. The Hall–Kier alpha value is -0.650. The summed E-state index contributed by atoms with van der Waals surface area (Å²) in [6.45, 7) is 2.30. The van der Waals surface area contributed by atoms with Crippen LogP contribution in [0.5, 0.6) is 0 Å². The van der Waals surface area contributed by atoms with Gasteiger partial charge in [-0.15, -0.1) is 0 Å². The molecule has 3 N–H and O–H groups in total. The van der Waals surface area contributed by atoms with Crippen molar-refractivity contribution in [1.29, 1.82) is 0 Å². The summed E-state index contributed by atoms with van der Waals surface area (Å²) in [7, 11) is 3.05. The quantitative estimate of drug-likeness (QED) is 0.566. The van der Waals surface area contributed by atoms with Crippen molar-refractivity contribution < 1.29 is 14.3 Å². The summed E-state index contributed by atoms with van der Waals surface area (Å²) in [5, 5.41) is 2.68. The Morgan fingerprint density at radius 1 is 1.43 bits per heavy atom.